The lowest BCUT2D eigenvalue weighted by molar-refractivity contribution is 0.0132. The largest absolute Gasteiger partial charge is 0.393 e. The number of nitrogens with zero attached hydrogens (tertiary/aromatic N) is 1. The van der Waals surface area contributed by atoms with Crippen molar-refractivity contribution >= 4 is 21.6 Å². The summed E-state index contributed by atoms with van der Waals surface area (Å²) in [7, 11) is 0. The number of aliphatic hydroxyl groups excluding tert-OH is 1. The van der Waals surface area contributed by atoms with Crippen LogP contribution in [0.1, 0.15) is 12.5 Å². The molecule has 86 valence electrons. The van der Waals surface area contributed by atoms with Crippen LogP contribution >= 0.6 is 15.9 Å². The maximum absolute atomic E-state index is 9.58. The molecule has 1 rings (SSSR count). The predicted molar refractivity (Wildman–Crippen MR) is 65.1 cm³/mol. The minimum Gasteiger partial charge on any atom is -0.393 e. The highest BCUT2D eigenvalue weighted by Crippen LogP contribution is 2.21. The van der Waals surface area contributed by atoms with Gasteiger partial charge in [-0.25, -0.2) is 0 Å². The van der Waals surface area contributed by atoms with Crippen molar-refractivity contribution in [3.8, 4) is 6.07 Å². The first-order valence-corrected chi connectivity index (χ1v) is 5.54. The van der Waals surface area contributed by atoms with Gasteiger partial charge in [-0.05, 0) is 41.1 Å². The number of nitriles is 1. The van der Waals surface area contributed by atoms with Crippen molar-refractivity contribution in [2.24, 2.45) is 0 Å². The van der Waals surface area contributed by atoms with E-state index in [0.717, 1.165) is 5.69 Å². The SMILES string of the molecule is CC(O)(CO)CNc1ccc(C#N)c(Br)c1. The Balaban J connectivity index is 2.70. The van der Waals surface area contributed by atoms with E-state index in [9.17, 15) is 5.11 Å². The number of hydrogen-bond acceptors (Lipinski definition) is 4. The van der Waals surface area contributed by atoms with Crippen LogP contribution in [-0.4, -0.2) is 29.0 Å². The highest BCUT2D eigenvalue weighted by Gasteiger charge is 2.18. The van der Waals surface area contributed by atoms with Gasteiger partial charge in [-0.2, -0.15) is 5.26 Å². The molecule has 4 nitrogen and oxygen atoms in total. The highest BCUT2D eigenvalue weighted by molar-refractivity contribution is 9.10. The van der Waals surface area contributed by atoms with Gasteiger partial charge < -0.3 is 15.5 Å². The summed E-state index contributed by atoms with van der Waals surface area (Å²) in [6.07, 6.45) is 0. The standard InChI is InChI=1S/C11H13BrN2O2/c1-11(16,7-15)6-14-9-3-2-8(5-13)10(12)4-9/h2-4,14-16H,6-7H2,1H3. The first-order valence-electron chi connectivity index (χ1n) is 4.75. The van der Waals surface area contributed by atoms with Crippen LogP contribution in [-0.2, 0) is 0 Å². The van der Waals surface area contributed by atoms with E-state index in [1.807, 2.05) is 6.07 Å². The zero-order valence-corrected chi connectivity index (χ0v) is 10.5. The Morgan fingerprint density at radius 3 is 2.75 bits per heavy atom. The molecule has 0 heterocycles. The Labute approximate surface area is 103 Å². The third-order valence-electron chi connectivity index (χ3n) is 2.10. The molecule has 0 aliphatic heterocycles. The van der Waals surface area contributed by atoms with E-state index in [1.54, 1.807) is 25.1 Å². The summed E-state index contributed by atoms with van der Waals surface area (Å²) in [6, 6.07) is 7.23. The number of benzene rings is 1. The van der Waals surface area contributed by atoms with Crippen molar-refractivity contribution in [2.75, 3.05) is 18.5 Å². The van der Waals surface area contributed by atoms with Gasteiger partial charge in [0.1, 0.15) is 11.7 Å². The van der Waals surface area contributed by atoms with E-state index < -0.39 is 5.60 Å². The zero-order chi connectivity index (χ0) is 12.2. The number of halogens is 1. The van der Waals surface area contributed by atoms with E-state index >= 15 is 0 Å². The Kier molecular flexibility index (Phi) is 4.30. The maximum atomic E-state index is 9.58. The lowest BCUT2D eigenvalue weighted by atomic mass is 10.1. The Hall–Kier alpha value is -1.09. The fourth-order valence-corrected chi connectivity index (χ4v) is 1.53. The van der Waals surface area contributed by atoms with E-state index in [2.05, 4.69) is 21.2 Å². The van der Waals surface area contributed by atoms with Crippen molar-refractivity contribution in [3.63, 3.8) is 0 Å². The molecule has 0 spiro atoms. The quantitative estimate of drug-likeness (QED) is 0.783. The second kappa shape index (κ2) is 5.30. The Bertz CT molecular complexity index is 413. The van der Waals surface area contributed by atoms with Gasteiger partial charge in [-0.15, -0.1) is 0 Å². The van der Waals surface area contributed by atoms with Crippen molar-refractivity contribution in [1.29, 1.82) is 5.26 Å². The molecule has 0 amide bonds. The zero-order valence-electron chi connectivity index (χ0n) is 8.87. The van der Waals surface area contributed by atoms with Crippen molar-refractivity contribution in [3.05, 3.63) is 28.2 Å². The van der Waals surface area contributed by atoms with Crippen LogP contribution in [0.15, 0.2) is 22.7 Å². The molecule has 0 aromatic heterocycles. The summed E-state index contributed by atoms with van der Waals surface area (Å²) in [4.78, 5) is 0. The third kappa shape index (κ3) is 3.49. The minimum atomic E-state index is -1.15. The van der Waals surface area contributed by atoms with Gasteiger partial charge >= 0.3 is 0 Å². The maximum Gasteiger partial charge on any atom is 0.102 e. The summed E-state index contributed by atoms with van der Waals surface area (Å²) in [6.45, 7) is 1.47. The summed E-state index contributed by atoms with van der Waals surface area (Å²) in [5.74, 6) is 0. The molecule has 1 aromatic rings. The van der Waals surface area contributed by atoms with Gasteiger partial charge in [-0.3, -0.25) is 0 Å². The molecular weight excluding hydrogens is 272 g/mol. The van der Waals surface area contributed by atoms with E-state index in [4.69, 9.17) is 10.4 Å². The first kappa shape index (κ1) is 13.0. The van der Waals surface area contributed by atoms with Crippen LogP contribution in [0.25, 0.3) is 0 Å². The number of anilines is 1. The van der Waals surface area contributed by atoms with Gasteiger partial charge in [0.15, 0.2) is 0 Å². The third-order valence-corrected chi connectivity index (χ3v) is 2.76. The van der Waals surface area contributed by atoms with E-state index in [-0.39, 0.29) is 13.2 Å². The molecule has 1 atom stereocenters. The number of hydrogen-bond donors (Lipinski definition) is 3. The summed E-state index contributed by atoms with van der Waals surface area (Å²) >= 11 is 3.27. The molecule has 3 N–H and O–H groups in total. The molecule has 1 unspecified atom stereocenters. The van der Waals surface area contributed by atoms with Gasteiger partial charge in [0.25, 0.3) is 0 Å². The number of aliphatic hydroxyl groups is 2. The molecular formula is C11H13BrN2O2. The molecule has 0 fully saturated rings. The molecule has 5 heteroatoms. The minimum absolute atomic E-state index is 0.238. The molecule has 1 aromatic carbocycles. The fourth-order valence-electron chi connectivity index (χ4n) is 1.06. The molecule has 16 heavy (non-hydrogen) atoms. The monoisotopic (exact) mass is 284 g/mol. The number of nitrogens with one attached hydrogen (secondary N) is 1. The average molecular weight is 285 g/mol. The normalized spacial score (nSPS) is 13.9. The van der Waals surface area contributed by atoms with Crippen LogP contribution in [0.3, 0.4) is 0 Å². The second-order valence-electron chi connectivity index (χ2n) is 3.82. The lowest BCUT2D eigenvalue weighted by Gasteiger charge is -2.21. The van der Waals surface area contributed by atoms with E-state index in [1.165, 1.54) is 0 Å². The molecule has 0 aliphatic carbocycles. The average Bonchev–Trinajstić information content (AvgIpc) is 2.27. The van der Waals surface area contributed by atoms with Crippen molar-refractivity contribution in [1.82, 2.24) is 0 Å². The van der Waals surface area contributed by atoms with Crippen LogP contribution in [0, 0.1) is 11.3 Å². The topological polar surface area (TPSA) is 76.3 Å². The number of rotatable bonds is 4. The Morgan fingerprint density at radius 1 is 1.56 bits per heavy atom. The highest BCUT2D eigenvalue weighted by atomic mass is 79.9. The fraction of sp³-hybridized carbons (Fsp3) is 0.364. The van der Waals surface area contributed by atoms with Crippen LogP contribution in [0.2, 0.25) is 0 Å². The molecule has 0 saturated carbocycles. The second-order valence-corrected chi connectivity index (χ2v) is 4.67. The summed E-state index contributed by atoms with van der Waals surface area (Å²) < 4.78 is 0.698. The summed E-state index contributed by atoms with van der Waals surface area (Å²) in [5, 5.41) is 30.2. The van der Waals surface area contributed by atoms with Crippen molar-refractivity contribution in [2.45, 2.75) is 12.5 Å². The van der Waals surface area contributed by atoms with Gasteiger partial charge in [-0.1, -0.05) is 0 Å². The van der Waals surface area contributed by atoms with Crippen LogP contribution in [0.4, 0.5) is 5.69 Å². The lowest BCUT2D eigenvalue weighted by Crippen LogP contribution is -2.37. The Morgan fingerprint density at radius 2 is 2.25 bits per heavy atom. The van der Waals surface area contributed by atoms with Crippen molar-refractivity contribution < 1.29 is 10.2 Å². The molecule has 0 aliphatic rings. The van der Waals surface area contributed by atoms with Gasteiger partial charge in [0, 0.05) is 16.7 Å². The smallest absolute Gasteiger partial charge is 0.102 e. The van der Waals surface area contributed by atoms with Gasteiger partial charge in [0.05, 0.1) is 12.2 Å². The van der Waals surface area contributed by atoms with E-state index in [0.29, 0.717) is 10.0 Å². The first-order chi connectivity index (χ1) is 7.48. The molecule has 0 radical (unpaired) electrons. The molecule has 0 bridgehead atoms. The summed E-state index contributed by atoms with van der Waals surface area (Å²) in [5.41, 5.74) is 0.180. The predicted octanol–water partition coefficient (Wildman–Crippen LogP) is 1.48. The van der Waals surface area contributed by atoms with Crippen LogP contribution in [0.5, 0.6) is 0 Å². The molecule has 0 saturated heterocycles. The van der Waals surface area contributed by atoms with Gasteiger partial charge in [0.2, 0.25) is 0 Å². The van der Waals surface area contributed by atoms with Crippen LogP contribution < -0.4 is 5.32 Å².